The third-order valence-corrected chi connectivity index (χ3v) is 5.03. The van der Waals surface area contributed by atoms with Gasteiger partial charge in [0.05, 0.1) is 5.39 Å². The molecule has 0 unspecified atom stereocenters. The zero-order valence-electron chi connectivity index (χ0n) is 12.7. The molecule has 1 amide bonds. The molecule has 1 atom stereocenters. The molecule has 2 aromatic heterocycles. The van der Waals surface area contributed by atoms with Crippen molar-refractivity contribution in [3.05, 3.63) is 47.1 Å². The average Bonchev–Trinajstić information content (AvgIpc) is 2.93. The van der Waals surface area contributed by atoms with Crippen LogP contribution in [0, 0.1) is 6.92 Å². The van der Waals surface area contributed by atoms with Gasteiger partial charge in [-0.3, -0.25) is 4.79 Å². The smallest absolute Gasteiger partial charge is 0.225 e. The Hall–Kier alpha value is -2.47. The molecule has 3 heterocycles. The lowest BCUT2D eigenvalue weighted by molar-refractivity contribution is -0.116. The number of para-hydroxylation sites is 1. The average molecular weight is 324 g/mol. The quantitative estimate of drug-likeness (QED) is 0.773. The fraction of sp³-hybridized carbons (Fsp3) is 0.235. The van der Waals surface area contributed by atoms with Gasteiger partial charge in [-0.25, -0.2) is 9.97 Å². The van der Waals surface area contributed by atoms with E-state index < -0.39 is 0 Å². The molecule has 116 valence electrons. The van der Waals surface area contributed by atoms with Gasteiger partial charge >= 0.3 is 0 Å². The van der Waals surface area contributed by atoms with Crippen molar-refractivity contribution in [2.75, 3.05) is 17.2 Å². The largest absolute Gasteiger partial charge is 0.369 e. The van der Waals surface area contributed by atoms with E-state index in [-0.39, 0.29) is 11.8 Å². The Morgan fingerprint density at radius 1 is 1.35 bits per heavy atom. The van der Waals surface area contributed by atoms with Crippen LogP contribution in [0.4, 0.5) is 11.5 Å². The van der Waals surface area contributed by atoms with Gasteiger partial charge in [-0.15, -0.1) is 11.3 Å². The molecule has 0 fully saturated rings. The van der Waals surface area contributed by atoms with Gasteiger partial charge in [0.25, 0.3) is 0 Å². The summed E-state index contributed by atoms with van der Waals surface area (Å²) in [6.07, 6.45) is 2.07. The maximum atomic E-state index is 11.9. The molecule has 0 bridgehead atoms. The third kappa shape index (κ3) is 2.66. The van der Waals surface area contributed by atoms with Crippen molar-refractivity contribution in [1.29, 1.82) is 0 Å². The van der Waals surface area contributed by atoms with Crippen molar-refractivity contribution >= 4 is 39.0 Å². The number of aromatic nitrogens is 2. The second-order valence-electron chi connectivity index (χ2n) is 5.72. The minimum atomic E-state index is 0.0645. The topological polar surface area (TPSA) is 66.9 Å². The molecule has 3 aromatic rings. The standard InChI is InChI=1S/C17H16N4OS/c1-10-6-13-16(19-9-20-17(13)23-10)18-8-11-7-15(22)21-14-5-3-2-4-12(11)14/h2-6,9,11H,7-8H2,1H3,(H,21,22)(H,18,19,20)/t11-/m1/s1. The number of benzene rings is 1. The first-order chi connectivity index (χ1) is 11.2. The van der Waals surface area contributed by atoms with Crippen molar-refractivity contribution in [2.45, 2.75) is 19.3 Å². The van der Waals surface area contributed by atoms with Gasteiger partial charge in [0.1, 0.15) is 17.0 Å². The lowest BCUT2D eigenvalue weighted by Crippen LogP contribution is -2.26. The lowest BCUT2D eigenvalue weighted by atomic mass is 9.90. The Bertz CT molecular complexity index is 889. The second kappa shape index (κ2) is 5.62. The van der Waals surface area contributed by atoms with Crippen LogP contribution in [-0.4, -0.2) is 22.4 Å². The molecule has 5 nitrogen and oxygen atoms in total. The van der Waals surface area contributed by atoms with Crippen LogP contribution >= 0.6 is 11.3 Å². The Labute approximate surface area is 137 Å². The minimum Gasteiger partial charge on any atom is -0.369 e. The molecule has 23 heavy (non-hydrogen) atoms. The van der Waals surface area contributed by atoms with E-state index in [1.807, 2.05) is 18.2 Å². The number of hydrogen-bond acceptors (Lipinski definition) is 5. The van der Waals surface area contributed by atoms with Crippen LogP contribution < -0.4 is 10.6 Å². The van der Waals surface area contributed by atoms with E-state index in [1.165, 1.54) is 10.4 Å². The van der Waals surface area contributed by atoms with E-state index in [9.17, 15) is 4.79 Å². The fourth-order valence-corrected chi connectivity index (χ4v) is 3.87. The molecule has 1 aliphatic heterocycles. The minimum absolute atomic E-state index is 0.0645. The summed E-state index contributed by atoms with van der Waals surface area (Å²) >= 11 is 1.66. The third-order valence-electron chi connectivity index (χ3n) is 4.08. The van der Waals surface area contributed by atoms with Crippen molar-refractivity contribution in [3.8, 4) is 0 Å². The lowest BCUT2D eigenvalue weighted by Gasteiger charge is -2.25. The van der Waals surface area contributed by atoms with E-state index in [2.05, 4.69) is 39.7 Å². The maximum absolute atomic E-state index is 11.9. The molecule has 0 saturated carbocycles. The van der Waals surface area contributed by atoms with Crippen molar-refractivity contribution < 1.29 is 4.79 Å². The molecule has 4 rings (SSSR count). The highest BCUT2D eigenvalue weighted by Gasteiger charge is 2.24. The van der Waals surface area contributed by atoms with Gasteiger partial charge in [-0.1, -0.05) is 18.2 Å². The maximum Gasteiger partial charge on any atom is 0.225 e. The van der Waals surface area contributed by atoms with Gasteiger partial charge in [-0.2, -0.15) is 0 Å². The Balaban J connectivity index is 1.60. The number of thiophene rings is 1. The Morgan fingerprint density at radius 2 is 2.22 bits per heavy atom. The van der Waals surface area contributed by atoms with E-state index in [1.54, 1.807) is 17.7 Å². The zero-order valence-corrected chi connectivity index (χ0v) is 13.5. The molecule has 0 saturated heterocycles. The van der Waals surface area contributed by atoms with Gasteiger partial charge in [0.15, 0.2) is 0 Å². The Kier molecular flexibility index (Phi) is 3.46. The summed E-state index contributed by atoms with van der Waals surface area (Å²) in [7, 11) is 0. The van der Waals surface area contributed by atoms with Crippen LogP contribution in [0.25, 0.3) is 10.2 Å². The van der Waals surface area contributed by atoms with Crippen molar-refractivity contribution in [1.82, 2.24) is 9.97 Å². The number of hydrogen-bond donors (Lipinski definition) is 2. The number of nitrogens with zero attached hydrogens (tertiary/aromatic N) is 2. The molecular formula is C17H16N4OS. The summed E-state index contributed by atoms with van der Waals surface area (Å²) in [5.41, 5.74) is 2.08. The summed E-state index contributed by atoms with van der Waals surface area (Å²) in [4.78, 5) is 22.8. The van der Waals surface area contributed by atoms with Crippen LogP contribution in [0.15, 0.2) is 36.7 Å². The summed E-state index contributed by atoms with van der Waals surface area (Å²) in [5, 5.41) is 7.38. The molecule has 0 aliphatic carbocycles. The van der Waals surface area contributed by atoms with E-state index >= 15 is 0 Å². The van der Waals surface area contributed by atoms with E-state index in [0.29, 0.717) is 13.0 Å². The monoisotopic (exact) mass is 324 g/mol. The number of carbonyl (C=O) groups is 1. The predicted molar refractivity (Wildman–Crippen MR) is 93.1 cm³/mol. The van der Waals surface area contributed by atoms with Gasteiger partial charge in [-0.05, 0) is 24.6 Å². The predicted octanol–water partition coefficient (Wildman–Crippen LogP) is 3.54. The fourth-order valence-electron chi connectivity index (χ4n) is 3.02. The second-order valence-corrected chi connectivity index (χ2v) is 6.95. The highest BCUT2D eigenvalue weighted by molar-refractivity contribution is 7.18. The number of anilines is 2. The van der Waals surface area contributed by atoms with Crippen molar-refractivity contribution in [2.24, 2.45) is 0 Å². The van der Waals surface area contributed by atoms with E-state index in [4.69, 9.17) is 0 Å². The summed E-state index contributed by atoms with van der Waals surface area (Å²) in [6.45, 7) is 2.74. The SMILES string of the molecule is Cc1cc2c(NC[C@H]3CC(=O)Nc4ccccc43)ncnc2s1. The number of nitrogens with one attached hydrogen (secondary N) is 2. The van der Waals surface area contributed by atoms with Crippen LogP contribution in [0.3, 0.4) is 0 Å². The van der Waals surface area contributed by atoms with Crippen LogP contribution in [0.2, 0.25) is 0 Å². The molecule has 0 spiro atoms. The number of rotatable bonds is 3. The van der Waals surface area contributed by atoms with Gasteiger partial charge in [0.2, 0.25) is 5.91 Å². The normalized spacial score (nSPS) is 16.9. The Morgan fingerprint density at radius 3 is 3.13 bits per heavy atom. The molecular weight excluding hydrogens is 308 g/mol. The molecule has 1 aromatic carbocycles. The van der Waals surface area contributed by atoms with Crippen molar-refractivity contribution in [3.63, 3.8) is 0 Å². The highest BCUT2D eigenvalue weighted by Crippen LogP contribution is 2.33. The van der Waals surface area contributed by atoms with Crippen LogP contribution in [0.1, 0.15) is 22.8 Å². The number of carbonyl (C=O) groups excluding carboxylic acids is 1. The first-order valence-electron chi connectivity index (χ1n) is 7.54. The highest BCUT2D eigenvalue weighted by atomic mass is 32.1. The number of amides is 1. The van der Waals surface area contributed by atoms with Gasteiger partial charge < -0.3 is 10.6 Å². The number of aryl methyl sites for hydroxylation is 1. The van der Waals surface area contributed by atoms with E-state index in [0.717, 1.165) is 21.7 Å². The summed E-state index contributed by atoms with van der Waals surface area (Å²) in [5.74, 6) is 1.04. The molecule has 6 heteroatoms. The molecule has 0 radical (unpaired) electrons. The molecule has 1 aliphatic rings. The summed E-state index contributed by atoms with van der Waals surface area (Å²) in [6, 6.07) is 10.1. The molecule has 2 N–H and O–H groups in total. The first-order valence-corrected chi connectivity index (χ1v) is 8.36. The number of fused-ring (bicyclic) bond motifs is 2. The summed E-state index contributed by atoms with van der Waals surface area (Å²) < 4.78 is 0. The first kappa shape index (κ1) is 14.1. The van der Waals surface area contributed by atoms with Crippen LogP contribution in [-0.2, 0) is 4.79 Å². The van der Waals surface area contributed by atoms with Crippen LogP contribution in [0.5, 0.6) is 0 Å². The zero-order chi connectivity index (χ0) is 15.8. The van der Waals surface area contributed by atoms with Gasteiger partial charge in [0, 0.05) is 29.4 Å².